The van der Waals surface area contributed by atoms with Gasteiger partial charge < -0.3 is 5.32 Å². The third-order valence-electron chi connectivity index (χ3n) is 3.95. The molecule has 1 amide bonds. The van der Waals surface area contributed by atoms with Gasteiger partial charge in [0.25, 0.3) is 0 Å². The normalized spacial score (nSPS) is 10.7. The van der Waals surface area contributed by atoms with Crippen molar-refractivity contribution in [2.75, 3.05) is 0 Å². The Hall–Kier alpha value is -2.46. The highest BCUT2D eigenvalue weighted by Crippen LogP contribution is 2.19. The Kier molecular flexibility index (Phi) is 5.06. The number of hydrogen-bond acceptors (Lipinski definition) is 3. The van der Waals surface area contributed by atoms with Crippen LogP contribution in [0, 0.1) is 6.92 Å². The highest BCUT2D eigenvalue weighted by molar-refractivity contribution is 7.14. The third-order valence-corrected chi connectivity index (χ3v) is 4.99. The molecule has 0 aliphatic heterocycles. The van der Waals surface area contributed by atoms with Gasteiger partial charge >= 0.3 is 0 Å². The Morgan fingerprint density at radius 2 is 1.75 bits per heavy atom. The van der Waals surface area contributed by atoms with Gasteiger partial charge in [-0.2, -0.15) is 0 Å². The van der Waals surface area contributed by atoms with Crippen LogP contribution in [0.25, 0.3) is 10.8 Å². The SMILES string of the molecule is Cc1ccc(C(=O)CCC(=O)NCc2cccc3ccccc23)s1. The number of benzene rings is 2. The van der Waals surface area contributed by atoms with Crippen LogP contribution in [-0.4, -0.2) is 11.7 Å². The van der Waals surface area contributed by atoms with Gasteiger partial charge in [0.15, 0.2) is 5.78 Å². The first-order valence-corrected chi connectivity index (χ1v) is 8.78. The van der Waals surface area contributed by atoms with Crippen molar-refractivity contribution >= 4 is 33.8 Å². The maximum absolute atomic E-state index is 12.0. The largest absolute Gasteiger partial charge is 0.352 e. The fourth-order valence-corrected chi connectivity index (χ4v) is 3.50. The lowest BCUT2D eigenvalue weighted by Gasteiger charge is -2.08. The lowest BCUT2D eigenvalue weighted by atomic mass is 10.0. The first-order chi connectivity index (χ1) is 11.6. The molecule has 0 saturated heterocycles. The van der Waals surface area contributed by atoms with E-state index in [9.17, 15) is 9.59 Å². The smallest absolute Gasteiger partial charge is 0.220 e. The van der Waals surface area contributed by atoms with Gasteiger partial charge in [-0.05, 0) is 35.4 Å². The van der Waals surface area contributed by atoms with E-state index in [2.05, 4.69) is 23.5 Å². The number of hydrogen-bond donors (Lipinski definition) is 1. The van der Waals surface area contributed by atoms with Crippen LogP contribution in [-0.2, 0) is 11.3 Å². The zero-order valence-corrected chi connectivity index (χ0v) is 14.4. The van der Waals surface area contributed by atoms with Crippen LogP contribution in [0.2, 0.25) is 0 Å². The van der Waals surface area contributed by atoms with Crippen LogP contribution in [0.1, 0.15) is 33.0 Å². The summed E-state index contributed by atoms with van der Waals surface area (Å²) in [7, 11) is 0. The Bertz CT molecular complexity index is 877. The molecule has 1 heterocycles. The van der Waals surface area contributed by atoms with Crippen molar-refractivity contribution in [3.05, 3.63) is 69.9 Å². The molecule has 24 heavy (non-hydrogen) atoms. The maximum Gasteiger partial charge on any atom is 0.220 e. The van der Waals surface area contributed by atoms with Crippen molar-refractivity contribution in [1.29, 1.82) is 0 Å². The van der Waals surface area contributed by atoms with Crippen molar-refractivity contribution in [1.82, 2.24) is 5.32 Å². The molecule has 3 nitrogen and oxygen atoms in total. The van der Waals surface area contributed by atoms with Gasteiger partial charge in [0.1, 0.15) is 0 Å². The minimum Gasteiger partial charge on any atom is -0.352 e. The fraction of sp³-hybridized carbons (Fsp3) is 0.200. The molecule has 1 aromatic heterocycles. The van der Waals surface area contributed by atoms with E-state index in [1.165, 1.54) is 11.3 Å². The molecular formula is C20H19NO2S. The topological polar surface area (TPSA) is 46.2 Å². The zero-order chi connectivity index (χ0) is 16.9. The maximum atomic E-state index is 12.0. The summed E-state index contributed by atoms with van der Waals surface area (Å²) in [5, 5.41) is 5.22. The highest BCUT2D eigenvalue weighted by atomic mass is 32.1. The Morgan fingerprint density at radius 1 is 0.958 bits per heavy atom. The summed E-state index contributed by atoms with van der Waals surface area (Å²) in [6, 6.07) is 17.9. The van der Waals surface area contributed by atoms with Crippen molar-refractivity contribution in [2.45, 2.75) is 26.3 Å². The predicted molar refractivity (Wildman–Crippen MR) is 98.4 cm³/mol. The molecule has 3 aromatic rings. The molecule has 0 bridgehead atoms. The first-order valence-electron chi connectivity index (χ1n) is 7.96. The minimum absolute atomic E-state index is 0.0356. The van der Waals surface area contributed by atoms with Crippen LogP contribution >= 0.6 is 11.3 Å². The van der Waals surface area contributed by atoms with Crippen LogP contribution < -0.4 is 5.32 Å². The molecule has 0 unspecified atom stereocenters. The van der Waals surface area contributed by atoms with Crippen LogP contribution in [0.15, 0.2) is 54.6 Å². The summed E-state index contributed by atoms with van der Waals surface area (Å²) in [6.45, 7) is 2.45. The number of carbonyl (C=O) groups is 2. The number of thiophene rings is 1. The van der Waals surface area contributed by atoms with Gasteiger partial charge in [-0.3, -0.25) is 9.59 Å². The van der Waals surface area contributed by atoms with Crippen LogP contribution in [0.3, 0.4) is 0 Å². The molecule has 0 aliphatic carbocycles. The fourth-order valence-electron chi connectivity index (χ4n) is 2.66. The van der Waals surface area contributed by atoms with E-state index in [0.717, 1.165) is 26.1 Å². The summed E-state index contributed by atoms with van der Waals surface area (Å²) in [4.78, 5) is 25.9. The van der Waals surface area contributed by atoms with Crippen molar-refractivity contribution in [2.24, 2.45) is 0 Å². The molecule has 0 fully saturated rings. The van der Waals surface area contributed by atoms with E-state index in [4.69, 9.17) is 0 Å². The number of Topliss-reactive ketones (excluding diaryl/α,β-unsaturated/α-hetero) is 1. The first kappa shape index (κ1) is 16.4. The lowest BCUT2D eigenvalue weighted by molar-refractivity contribution is -0.121. The second kappa shape index (κ2) is 7.41. The molecule has 0 saturated carbocycles. The lowest BCUT2D eigenvalue weighted by Crippen LogP contribution is -2.23. The van der Waals surface area contributed by atoms with Gasteiger partial charge in [0.2, 0.25) is 5.91 Å². The Balaban J connectivity index is 1.54. The number of rotatable bonds is 6. The molecule has 2 aromatic carbocycles. The second-order valence-electron chi connectivity index (χ2n) is 5.75. The average molecular weight is 337 g/mol. The highest BCUT2D eigenvalue weighted by Gasteiger charge is 2.11. The molecule has 0 spiro atoms. The van der Waals surface area contributed by atoms with Gasteiger partial charge in [-0.1, -0.05) is 42.5 Å². The standard InChI is InChI=1S/C20H19NO2S/c1-14-9-11-19(24-14)18(22)10-12-20(23)21-13-16-7-4-6-15-5-2-3-8-17(15)16/h2-9,11H,10,12-13H2,1H3,(H,21,23). The second-order valence-corrected chi connectivity index (χ2v) is 7.04. The molecule has 0 atom stereocenters. The monoisotopic (exact) mass is 337 g/mol. The van der Waals surface area contributed by atoms with Gasteiger partial charge in [0, 0.05) is 24.3 Å². The van der Waals surface area contributed by atoms with Crippen LogP contribution in [0.4, 0.5) is 0 Å². The molecular weight excluding hydrogens is 318 g/mol. The van der Waals surface area contributed by atoms with E-state index < -0.39 is 0 Å². The number of amides is 1. The summed E-state index contributed by atoms with van der Waals surface area (Å²) in [6.07, 6.45) is 0.474. The molecule has 4 heteroatoms. The van der Waals surface area contributed by atoms with Gasteiger partial charge in [-0.15, -0.1) is 11.3 Å². The van der Waals surface area contributed by atoms with E-state index in [1.807, 2.05) is 43.3 Å². The van der Waals surface area contributed by atoms with Gasteiger partial charge in [0.05, 0.1) is 4.88 Å². The predicted octanol–water partition coefficient (Wildman–Crippen LogP) is 4.49. The van der Waals surface area contributed by atoms with Gasteiger partial charge in [-0.25, -0.2) is 0 Å². The van der Waals surface area contributed by atoms with E-state index in [0.29, 0.717) is 6.54 Å². The van der Waals surface area contributed by atoms with Crippen molar-refractivity contribution in [3.63, 3.8) is 0 Å². The summed E-state index contributed by atoms with van der Waals surface area (Å²) < 4.78 is 0. The number of aryl methyl sites for hydroxylation is 1. The van der Waals surface area contributed by atoms with E-state index >= 15 is 0 Å². The minimum atomic E-state index is -0.0930. The van der Waals surface area contributed by atoms with Crippen molar-refractivity contribution in [3.8, 4) is 0 Å². The molecule has 3 rings (SSSR count). The summed E-state index contributed by atoms with van der Waals surface area (Å²) >= 11 is 1.48. The Labute approximate surface area is 145 Å². The number of ketones is 1. The Morgan fingerprint density at radius 3 is 2.54 bits per heavy atom. The molecule has 0 aliphatic rings. The number of carbonyl (C=O) groups excluding carboxylic acids is 2. The van der Waals surface area contributed by atoms with E-state index in [1.54, 1.807) is 0 Å². The quantitative estimate of drug-likeness (QED) is 0.674. The van der Waals surface area contributed by atoms with Crippen molar-refractivity contribution < 1.29 is 9.59 Å². The van der Waals surface area contributed by atoms with E-state index in [-0.39, 0.29) is 24.5 Å². The number of nitrogens with one attached hydrogen (secondary N) is 1. The third kappa shape index (κ3) is 3.89. The molecule has 0 radical (unpaired) electrons. The summed E-state index contributed by atoms with van der Waals surface area (Å²) in [5.41, 5.74) is 1.08. The average Bonchev–Trinajstić information content (AvgIpc) is 3.04. The zero-order valence-electron chi connectivity index (χ0n) is 13.5. The molecule has 122 valence electrons. The summed E-state index contributed by atoms with van der Waals surface area (Å²) in [5.74, 6) is -0.0574. The number of fused-ring (bicyclic) bond motifs is 1. The molecule has 1 N–H and O–H groups in total. The van der Waals surface area contributed by atoms with Crippen LogP contribution in [0.5, 0.6) is 0 Å².